The Labute approximate surface area is 222 Å². The molecule has 1 aromatic heterocycles. The molecule has 1 unspecified atom stereocenters. The Hall–Kier alpha value is -2.11. The van der Waals surface area contributed by atoms with Crippen LogP contribution in [0.5, 0.6) is 0 Å². The number of fused-ring (bicyclic) bond motifs is 1. The van der Waals surface area contributed by atoms with Gasteiger partial charge in [0.15, 0.2) is 0 Å². The van der Waals surface area contributed by atoms with E-state index >= 15 is 0 Å². The molecular formula is C23H31Cl3N8O. The van der Waals surface area contributed by atoms with Crippen molar-refractivity contribution in [3.05, 3.63) is 47.5 Å². The van der Waals surface area contributed by atoms with Crippen LogP contribution >= 0.6 is 36.4 Å². The van der Waals surface area contributed by atoms with Crippen molar-refractivity contribution in [2.24, 2.45) is 0 Å². The molecule has 35 heavy (non-hydrogen) atoms. The first-order valence-corrected chi connectivity index (χ1v) is 11.7. The van der Waals surface area contributed by atoms with Crippen LogP contribution in [0.25, 0.3) is 10.9 Å². The van der Waals surface area contributed by atoms with Crippen LogP contribution in [-0.2, 0) is 0 Å². The summed E-state index contributed by atoms with van der Waals surface area (Å²) in [5.74, 6) is 1.43. The molecular weight excluding hydrogens is 511 g/mol. The Balaban J connectivity index is 0.00000171. The summed E-state index contributed by atoms with van der Waals surface area (Å²) in [5.41, 5.74) is 8.47. The lowest BCUT2D eigenvalue weighted by Crippen LogP contribution is -2.61. The van der Waals surface area contributed by atoms with Crippen molar-refractivity contribution >= 4 is 70.5 Å². The SMILES string of the molecule is Cl.Cl.Nc1ccc2nc(N3CCN(N4CCNC(CO)C4)CC3)nc(Nc3ccc(Cl)cc3)c2c1. The molecule has 2 aromatic carbocycles. The molecule has 5 rings (SSSR count). The van der Waals surface area contributed by atoms with Crippen molar-refractivity contribution in [2.45, 2.75) is 6.04 Å². The minimum absolute atomic E-state index is 0. The van der Waals surface area contributed by atoms with Gasteiger partial charge in [-0.1, -0.05) is 11.6 Å². The molecule has 0 radical (unpaired) electrons. The number of hydrazine groups is 1. The number of anilines is 4. The van der Waals surface area contributed by atoms with E-state index in [-0.39, 0.29) is 37.5 Å². The summed E-state index contributed by atoms with van der Waals surface area (Å²) in [6, 6.07) is 13.4. The van der Waals surface area contributed by atoms with Crippen LogP contribution in [-0.4, -0.2) is 83.6 Å². The number of aliphatic hydroxyl groups is 1. The van der Waals surface area contributed by atoms with E-state index in [0.717, 1.165) is 68.2 Å². The first kappa shape index (κ1) is 27.5. The molecule has 12 heteroatoms. The lowest BCUT2D eigenvalue weighted by atomic mass is 10.2. The highest BCUT2D eigenvalue weighted by Crippen LogP contribution is 2.29. The average molecular weight is 542 g/mol. The Morgan fingerprint density at radius 1 is 1.00 bits per heavy atom. The lowest BCUT2D eigenvalue weighted by Gasteiger charge is -2.44. The van der Waals surface area contributed by atoms with Crippen molar-refractivity contribution < 1.29 is 5.11 Å². The Kier molecular flexibility index (Phi) is 9.60. The molecule has 2 saturated heterocycles. The van der Waals surface area contributed by atoms with Gasteiger partial charge < -0.3 is 26.4 Å². The summed E-state index contributed by atoms with van der Waals surface area (Å²) in [6.45, 7) is 6.28. The molecule has 0 saturated carbocycles. The number of nitrogens with zero attached hydrogens (tertiary/aromatic N) is 5. The molecule has 0 bridgehead atoms. The molecule has 5 N–H and O–H groups in total. The van der Waals surface area contributed by atoms with E-state index in [0.29, 0.717) is 16.7 Å². The third kappa shape index (κ3) is 6.37. The highest BCUT2D eigenvalue weighted by atomic mass is 35.5. The number of hydrogen-bond acceptors (Lipinski definition) is 9. The fourth-order valence-corrected chi connectivity index (χ4v) is 4.53. The molecule has 190 valence electrons. The minimum atomic E-state index is 0. The zero-order chi connectivity index (χ0) is 22.8. The zero-order valence-corrected chi connectivity index (χ0v) is 21.6. The smallest absolute Gasteiger partial charge is 0.227 e. The Bertz CT molecular complexity index is 1110. The molecule has 9 nitrogen and oxygen atoms in total. The third-order valence-electron chi connectivity index (χ3n) is 6.21. The van der Waals surface area contributed by atoms with Gasteiger partial charge in [-0.2, -0.15) is 4.98 Å². The second-order valence-electron chi connectivity index (χ2n) is 8.47. The zero-order valence-electron chi connectivity index (χ0n) is 19.2. The summed E-state index contributed by atoms with van der Waals surface area (Å²) in [6.07, 6.45) is 0. The molecule has 2 aliphatic heterocycles. The normalized spacial score (nSPS) is 19.1. The maximum Gasteiger partial charge on any atom is 0.227 e. The van der Waals surface area contributed by atoms with Gasteiger partial charge in [0.2, 0.25) is 5.95 Å². The van der Waals surface area contributed by atoms with Crippen LogP contribution in [0, 0.1) is 0 Å². The van der Waals surface area contributed by atoms with E-state index in [2.05, 4.69) is 25.6 Å². The van der Waals surface area contributed by atoms with Gasteiger partial charge in [0.25, 0.3) is 0 Å². The molecule has 0 spiro atoms. The second-order valence-corrected chi connectivity index (χ2v) is 8.90. The van der Waals surface area contributed by atoms with Gasteiger partial charge >= 0.3 is 0 Å². The number of piperazine rings is 2. The number of benzene rings is 2. The monoisotopic (exact) mass is 540 g/mol. The number of hydrogen-bond donors (Lipinski definition) is 4. The predicted octanol–water partition coefficient (Wildman–Crippen LogP) is 2.76. The molecule has 3 heterocycles. The Morgan fingerprint density at radius 3 is 2.46 bits per heavy atom. The topological polar surface area (TPSA) is 106 Å². The van der Waals surface area contributed by atoms with E-state index in [9.17, 15) is 5.11 Å². The van der Waals surface area contributed by atoms with Crippen LogP contribution in [0.15, 0.2) is 42.5 Å². The van der Waals surface area contributed by atoms with Crippen LogP contribution in [0.3, 0.4) is 0 Å². The quantitative estimate of drug-likeness (QED) is 0.363. The maximum atomic E-state index is 9.49. The fraction of sp³-hybridized carbons (Fsp3) is 0.391. The van der Waals surface area contributed by atoms with E-state index in [1.165, 1.54) is 0 Å². The molecule has 2 aliphatic rings. The van der Waals surface area contributed by atoms with Gasteiger partial charge in [0.05, 0.1) is 12.1 Å². The summed E-state index contributed by atoms with van der Waals surface area (Å²) in [5, 5.41) is 22.6. The highest BCUT2D eigenvalue weighted by Gasteiger charge is 2.27. The van der Waals surface area contributed by atoms with Gasteiger partial charge in [-0.15, -0.1) is 24.8 Å². The highest BCUT2D eigenvalue weighted by molar-refractivity contribution is 6.30. The van der Waals surface area contributed by atoms with Gasteiger partial charge in [-0.3, -0.25) is 0 Å². The van der Waals surface area contributed by atoms with E-state index in [4.69, 9.17) is 27.3 Å². The van der Waals surface area contributed by atoms with Crippen molar-refractivity contribution in [3.63, 3.8) is 0 Å². The van der Waals surface area contributed by atoms with Gasteiger partial charge in [0.1, 0.15) is 5.82 Å². The van der Waals surface area contributed by atoms with Crippen LogP contribution < -0.4 is 21.3 Å². The number of nitrogen functional groups attached to an aromatic ring is 1. The van der Waals surface area contributed by atoms with Gasteiger partial charge in [-0.25, -0.2) is 15.0 Å². The van der Waals surface area contributed by atoms with E-state index < -0.39 is 0 Å². The van der Waals surface area contributed by atoms with Crippen LogP contribution in [0.1, 0.15) is 0 Å². The van der Waals surface area contributed by atoms with Crippen LogP contribution in [0.2, 0.25) is 5.02 Å². The third-order valence-corrected chi connectivity index (χ3v) is 6.46. The predicted molar refractivity (Wildman–Crippen MR) is 147 cm³/mol. The first-order chi connectivity index (χ1) is 16.1. The summed E-state index contributed by atoms with van der Waals surface area (Å²) < 4.78 is 0. The standard InChI is InChI=1S/C23H29ClN8O.2ClH/c24-16-1-4-18(5-2-16)27-22-20-13-17(25)3-6-21(20)28-23(29-22)30-9-11-31(12-10-30)32-8-7-26-19(14-32)15-33;;/h1-6,13,19,26,33H,7-12,14-15,25H2,(H,27,28,29);2*1H. The van der Waals surface area contributed by atoms with Crippen molar-refractivity contribution in [1.29, 1.82) is 0 Å². The second kappa shape index (κ2) is 12.2. The molecule has 2 fully saturated rings. The van der Waals surface area contributed by atoms with E-state index in [1.54, 1.807) is 0 Å². The summed E-state index contributed by atoms with van der Waals surface area (Å²) in [7, 11) is 0. The molecule has 0 aliphatic carbocycles. The van der Waals surface area contributed by atoms with Crippen LogP contribution in [0.4, 0.5) is 23.1 Å². The first-order valence-electron chi connectivity index (χ1n) is 11.3. The van der Waals surface area contributed by atoms with Crippen molar-refractivity contribution in [3.8, 4) is 0 Å². The minimum Gasteiger partial charge on any atom is -0.399 e. The largest absolute Gasteiger partial charge is 0.399 e. The number of nitrogens with two attached hydrogens (primary N) is 1. The summed E-state index contributed by atoms with van der Waals surface area (Å²) >= 11 is 6.04. The molecule has 1 atom stereocenters. The number of rotatable bonds is 5. The lowest BCUT2D eigenvalue weighted by molar-refractivity contribution is -0.0538. The van der Waals surface area contributed by atoms with Crippen molar-refractivity contribution in [2.75, 3.05) is 68.4 Å². The van der Waals surface area contributed by atoms with Crippen molar-refractivity contribution in [1.82, 2.24) is 25.3 Å². The fourth-order valence-electron chi connectivity index (χ4n) is 4.41. The number of halogens is 3. The maximum absolute atomic E-state index is 9.49. The molecule has 3 aromatic rings. The Morgan fingerprint density at radius 2 is 1.74 bits per heavy atom. The number of aliphatic hydroxyl groups excluding tert-OH is 1. The van der Waals surface area contributed by atoms with Gasteiger partial charge in [0, 0.05) is 73.6 Å². The molecule has 0 amide bonds. The average Bonchev–Trinajstić information content (AvgIpc) is 2.85. The van der Waals surface area contributed by atoms with E-state index in [1.807, 2.05) is 42.5 Å². The summed E-state index contributed by atoms with van der Waals surface area (Å²) in [4.78, 5) is 12.0. The number of nitrogens with one attached hydrogen (secondary N) is 2. The number of aromatic nitrogens is 2. The van der Waals surface area contributed by atoms with Gasteiger partial charge in [-0.05, 0) is 42.5 Å².